The number of carboxylic acids is 1. The molecule has 0 saturated carbocycles. The summed E-state index contributed by atoms with van der Waals surface area (Å²) in [4.78, 5) is 17.0. The molecule has 1 aromatic heterocycles. The first-order valence-electron chi connectivity index (χ1n) is 6.43. The van der Waals surface area contributed by atoms with Gasteiger partial charge in [-0.25, -0.2) is 4.79 Å². The molecule has 0 spiro atoms. The predicted molar refractivity (Wildman–Crippen MR) is 75.4 cm³/mol. The number of carboxylic acid groups (broad SMARTS) is 1. The van der Waals surface area contributed by atoms with Gasteiger partial charge in [-0.2, -0.15) is 0 Å². The van der Waals surface area contributed by atoms with Gasteiger partial charge in [0.05, 0.1) is 0 Å². The van der Waals surface area contributed by atoms with Crippen molar-refractivity contribution in [3.63, 3.8) is 0 Å². The summed E-state index contributed by atoms with van der Waals surface area (Å²) in [6.45, 7) is 7.55. The van der Waals surface area contributed by atoms with Crippen LogP contribution in [0.15, 0.2) is 6.07 Å². The maximum atomic E-state index is 11.1. The maximum Gasteiger partial charge on any atom is 0.349 e. The van der Waals surface area contributed by atoms with Crippen molar-refractivity contribution in [1.29, 1.82) is 0 Å². The lowest BCUT2D eigenvalue weighted by molar-refractivity contribution is 0.0696. The average Bonchev–Trinajstić information content (AvgIpc) is 2.73. The Morgan fingerprint density at radius 1 is 1.42 bits per heavy atom. The van der Waals surface area contributed by atoms with Crippen LogP contribution in [0.25, 0.3) is 0 Å². The molecule has 1 aromatic rings. The molecule has 5 nitrogen and oxygen atoms in total. The summed E-state index contributed by atoms with van der Waals surface area (Å²) in [6, 6.07) is 1.80. The quantitative estimate of drug-likeness (QED) is 0.885. The van der Waals surface area contributed by atoms with E-state index < -0.39 is 5.97 Å². The van der Waals surface area contributed by atoms with E-state index in [1.54, 1.807) is 6.07 Å². The van der Waals surface area contributed by atoms with Gasteiger partial charge in [0.25, 0.3) is 0 Å². The Kier molecular flexibility index (Phi) is 4.79. The van der Waals surface area contributed by atoms with Gasteiger partial charge in [-0.15, -0.1) is 11.3 Å². The van der Waals surface area contributed by atoms with Gasteiger partial charge >= 0.3 is 5.97 Å². The minimum absolute atomic E-state index is 0.302. The zero-order chi connectivity index (χ0) is 13.8. The Bertz CT molecular complexity index is 439. The fraction of sp³-hybridized carbons (Fsp3) is 0.615. The van der Waals surface area contributed by atoms with E-state index in [2.05, 4.69) is 16.8 Å². The molecule has 1 N–H and O–H groups in total. The van der Waals surface area contributed by atoms with Crippen molar-refractivity contribution in [3.8, 4) is 5.75 Å². The van der Waals surface area contributed by atoms with Crippen molar-refractivity contribution in [2.75, 3.05) is 46.4 Å². The van der Waals surface area contributed by atoms with E-state index in [1.807, 2.05) is 6.92 Å². The molecule has 6 heteroatoms. The summed E-state index contributed by atoms with van der Waals surface area (Å²) < 4.78 is 5.62. The molecular weight excluding hydrogens is 264 g/mol. The third-order valence-electron chi connectivity index (χ3n) is 3.28. The van der Waals surface area contributed by atoms with Crippen LogP contribution >= 0.6 is 11.3 Å². The molecule has 2 heterocycles. The Morgan fingerprint density at radius 2 is 2.11 bits per heavy atom. The van der Waals surface area contributed by atoms with Crippen LogP contribution in [0, 0.1) is 6.92 Å². The molecule has 1 aliphatic rings. The van der Waals surface area contributed by atoms with Crippen LogP contribution in [0.5, 0.6) is 5.75 Å². The molecule has 0 atom stereocenters. The normalized spacial score (nSPS) is 17.6. The van der Waals surface area contributed by atoms with Gasteiger partial charge in [0.15, 0.2) is 4.88 Å². The third-order valence-corrected chi connectivity index (χ3v) is 4.30. The van der Waals surface area contributed by atoms with Gasteiger partial charge in [0.2, 0.25) is 0 Å². The SMILES string of the molecule is Cc1cc(OCCN2CCN(C)CC2)c(C(=O)O)s1. The van der Waals surface area contributed by atoms with Crippen LogP contribution in [0.3, 0.4) is 0 Å². The Hall–Kier alpha value is -1.11. The van der Waals surface area contributed by atoms with E-state index in [0.29, 0.717) is 17.2 Å². The highest BCUT2D eigenvalue weighted by molar-refractivity contribution is 7.14. The lowest BCUT2D eigenvalue weighted by Gasteiger charge is -2.32. The fourth-order valence-corrected chi connectivity index (χ4v) is 2.90. The molecule has 2 rings (SSSR count). The summed E-state index contributed by atoms with van der Waals surface area (Å²) in [5, 5.41) is 9.07. The molecule has 19 heavy (non-hydrogen) atoms. The van der Waals surface area contributed by atoms with Crippen molar-refractivity contribution in [1.82, 2.24) is 9.80 Å². The van der Waals surface area contributed by atoms with E-state index in [4.69, 9.17) is 9.84 Å². The number of ether oxygens (including phenoxy) is 1. The Morgan fingerprint density at radius 3 is 2.74 bits per heavy atom. The number of nitrogens with zero attached hydrogens (tertiary/aromatic N) is 2. The number of hydrogen-bond donors (Lipinski definition) is 1. The zero-order valence-electron chi connectivity index (χ0n) is 11.4. The number of carbonyl (C=O) groups is 1. The molecule has 106 valence electrons. The highest BCUT2D eigenvalue weighted by Gasteiger charge is 2.17. The minimum atomic E-state index is -0.910. The number of aryl methyl sites for hydroxylation is 1. The number of rotatable bonds is 5. The highest BCUT2D eigenvalue weighted by Crippen LogP contribution is 2.28. The van der Waals surface area contributed by atoms with Crippen LogP contribution in [-0.2, 0) is 0 Å². The molecule has 1 aliphatic heterocycles. The summed E-state index contributed by atoms with van der Waals surface area (Å²) in [5.41, 5.74) is 0. The molecule has 0 radical (unpaired) electrons. The number of hydrogen-bond acceptors (Lipinski definition) is 5. The average molecular weight is 284 g/mol. The van der Waals surface area contributed by atoms with E-state index in [9.17, 15) is 4.79 Å². The largest absolute Gasteiger partial charge is 0.490 e. The molecule has 0 unspecified atom stereocenters. The molecule has 0 bridgehead atoms. The first-order chi connectivity index (χ1) is 9.06. The monoisotopic (exact) mass is 284 g/mol. The number of aromatic carboxylic acids is 1. The van der Waals surface area contributed by atoms with Gasteiger partial charge < -0.3 is 14.7 Å². The lowest BCUT2D eigenvalue weighted by atomic mass is 10.3. The number of piperazine rings is 1. The van der Waals surface area contributed by atoms with Crippen LogP contribution in [0.4, 0.5) is 0 Å². The van der Waals surface area contributed by atoms with Crippen molar-refractivity contribution in [2.45, 2.75) is 6.92 Å². The molecular formula is C13H20N2O3S. The molecule has 0 amide bonds. The second-order valence-electron chi connectivity index (χ2n) is 4.85. The number of thiophene rings is 1. The van der Waals surface area contributed by atoms with Crippen molar-refractivity contribution in [3.05, 3.63) is 15.8 Å². The molecule has 1 saturated heterocycles. The van der Waals surface area contributed by atoms with Crippen LogP contribution in [0.1, 0.15) is 14.5 Å². The molecule has 1 fully saturated rings. The Balaban J connectivity index is 1.81. The van der Waals surface area contributed by atoms with Gasteiger partial charge in [-0.1, -0.05) is 0 Å². The predicted octanol–water partition coefficient (Wildman–Crippen LogP) is 1.38. The standard InChI is InChI=1S/C13H20N2O3S/c1-10-9-11(12(19-10)13(16)17)18-8-7-15-5-3-14(2)4-6-15/h9H,3-8H2,1-2H3,(H,16,17). The fourth-order valence-electron chi connectivity index (χ4n) is 2.10. The van der Waals surface area contributed by atoms with Crippen LogP contribution in [0.2, 0.25) is 0 Å². The van der Waals surface area contributed by atoms with Crippen molar-refractivity contribution in [2.24, 2.45) is 0 Å². The summed E-state index contributed by atoms with van der Waals surface area (Å²) in [5.74, 6) is -0.406. The lowest BCUT2D eigenvalue weighted by Crippen LogP contribution is -2.45. The van der Waals surface area contributed by atoms with E-state index in [0.717, 1.165) is 37.6 Å². The smallest absolute Gasteiger partial charge is 0.349 e. The first-order valence-corrected chi connectivity index (χ1v) is 7.25. The van der Waals surface area contributed by atoms with E-state index >= 15 is 0 Å². The first kappa shape index (κ1) is 14.3. The van der Waals surface area contributed by atoms with Crippen molar-refractivity contribution >= 4 is 17.3 Å². The van der Waals surface area contributed by atoms with Gasteiger partial charge in [-0.3, -0.25) is 4.90 Å². The molecule has 0 aromatic carbocycles. The highest BCUT2D eigenvalue weighted by atomic mass is 32.1. The van der Waals surface area contributed by atoms with E-state index in [-0.39, 0.29) is 0 Å². The topological polar surface area (TPSA) is 53.0 Å². The maximum absolute atomic E-state index is 11.1. The van der Waals surface area contributed by atoms with Gasteiger partial charge in [-0.05, 0) is 20.0 Å². The van der Waals surface area contributed by atoms with Crippen LogP contribution in [-0.4, -0.2) is 67.3 Å². The van der Waals surface area contributed by atoms with E-state index in [1.165, 1.54) is 11.3 Å². The van der Waals surface area contributed by atoms with Crippen molar-refractivity contribution < 1.29 is 14.6 Å². The Labute approximate surface area is 117 Å². The minimum Gasteiger partial charge on any atom is -0.490 e. The third kappa shape index (κ3) is 3.92. The summed E-state index contributed by atoms with van der Waals surface area (Å²) in [7, 11) is 2.13. The zero-order valence-corrected chi connectivity index (χ0v) is 12.2. The van der Waals surface area contributed by atoms with Gasteiger partial charge in [0, 0.05) is 37.6 Å². The summed E-state index contributed by atoms with van der Waals surface area (Å²) in [6.07, 6.45) is 0. The second-order valence-corrected chi connectivity index (χ2v) is 6.11. The second kappa shape index (κ2) is 6.36. The van der Waals surface area contributed by atoms with Crippen LogP contribution < -0.4 is 4.74 Å². The summed E-state index contributed by atoms with van der Waals surface area (Å²) >= 11 is 1.26. The van der Waals surface area contributed by atoms with Gasteiger partial charge in [0.1, 0.15) is 12.4 Å². The molecule has 0 aliphatic carbocycles. The number of likely N-dealkylation sites (N-methyl/N-ethyl adjacent to an activating group) is 1.